The molecule has 1 aliphatic heterocycles. The van der Waals surface area contributed by atoms with E-state index in [0.29, 0.717) is 17.2 Å². The molecule has 152 valence electrons. The van der Waals surface area contributed by atoms with Crippen LogP contribution in [0.3, 0.4) is 0 Å². The minimum atomic E-state index is -1.05. The number of aromatic nitrogens is 2. The van der Waals surface area contributed by atoms with Gasteiger partial charge in [0.25, 0.3) is 5.91 Å². The number of piperidine rings is 1. The van der Waals surface area contributed by atoms with Gasteiger partial charge in [-0.1, -0.05) is 13.0 Å². The van der Waals surface area contributed by atoms with Crippen LogP contribution >= 0.6 is 0 Å². The first-order valence-electron chi connectivity index (χ1n) is 9.62. The fourth-order valence-electron chi connectivity index (χ4n) is 3.34. The quantitative estimate of drug-likeness (QED) is 0.715. The number of carboxylic acid groups (broad SMARTS) is 1. The molecule has 0 spiro atoms. The average Bonchev–Trinajstić information content (AvgIpc) is 3.18. The summed E-state index contributed by atoms with van der Waals surface area (Å²) in [6, 6.07) is 7.19. The molecular weight excluding hydrogens is 370 g/mol. The highest BCUT2D eigenvalue weighted by Gasteiger charge is 2.31. The number of rotatable bonds is 5. The molecule has 8 nitrogen and oxygen atoms in total. The molecule has 3 rings (SSSR count). The third-order valence-electron chi connectivity index (χ3n) is 5.53. The highest BCUT2D eigenvalue weighted by Crippen LogP contribution is 2.35. The molecule has 0 aliphatic carbocycles. The number of anilines is 2. The van der Waals surface area contributed by atoms with Gasteiger partial charge in [-0.05, 0) is 50.3 Å². The number of hydrogen-bond donors (Lipinski definition) is 3. The summed E-state index contributed by atoms with van der Waals surface area (Å²) < 4.78 is 0. The first kappa shape index (κ1) is 20.4. The van der Waals surface area contributed by atoms with Gasteiger partial charge in [0.15, 0.2) is 11.5 Å². The van der Waals surface area contributed by atoms with Crippen LogP contribution in [0.25, 0.3) is 0 Å². The van der Waals surface area contributed by atoms with E-state index >= 15 is 0 Å². The number of carbonyl (C=O) groups excluding carboxylic acids is 1. The van der Waals surface area contributed by atoms with Crippen molar-refractivity contribution in [3.8, 4) is 6.07 Å². The third kappa shape index (κ3) is 4.24. The largest absolute Gasteiger partial charge is 0.481 e. The lowest BCUT2D eigenvalue weighted by molar-refractivity contribution is -0.142. The maximum Gasteiger partial charge on any atom is 0.313 e. The summed E-state index contributed by atoms with van der Waals surface area (Å²) in [6.07, 6.45) is 3.44. The molecule has 0 saturated carbocycles. The second-order valence-corrected chi connectivity index (χ2v) is 8.03. The first-order chi connectivity index (χ1) is 13.7. The number of imidazole rings is 1. The van der Waals surface area contributed by atoms with Crippen LogP contribution in [0.15, 0.2) is 24.4 Å². The van der Waals surface area contributed by atoms with E-state index in [1.54, 1.807) is 26.0 Å². The molecular formula is C21H25N5O3. The van der Waals surface area contributed by atoms with Crippen LogP contribution in [0.5, 0.6) is 0 Å². The maximum atomic E-state index is 12.6. The fraction of sp³-hybridized carbons (Fsp3) is 0.429. The summed E-state index contributed by atoms with van der Waals surface area (Å²) >= 11 is 0. The van der Waals surface area contributed by atoms with Crippen molar-refractivity contribution in [1.82, 2.24) is 9.97 Å². The van der Waals surface area contributed by atoms with E-state index in [1.807, 2.05) is 12.1 Å². The molecule has 1 aromatic carbocycles. The summed E-state index contributed by atoms with van der Waals surface area (Å²) in [5.74, 6) is -0.680. The highest BCUT2D eigenvalue weighted by molar-refractivity contribution is 6.03. The van der Waals surface area contributed by atoms with Crippen LogP contribution in [0.1, 0.15) is 55.5 Å². The Morgan fingerprint density at radius 2 is 2.03 bits per heavy atom. The van der Waals surface area contributed by atoms with Gasteiger partial charge in [-0.15, -0.1) is 0 Å². The summed E-state index contributed by atoms with van der Waals surface area (Å²) in [5.41, 5.74) is 1.14. The van der Waals surface area contributed by atoms with Crippen LogP contribution in [-0.2, 0) is 10.2 Å². The van der Waals surface area contributed by atoms with Gasteiger partial charge in [0.2, 0.25) is 0 Å². The van der Waals surface area contributed by atoms with Gasteiger partial charge in [-0.2, -0.15) is 5.26 Å². The van der Waals surface area contributed by atoms with Gasteiger partial charge < -0.3 is 20.3 Å². The molecule has 1 aromatic heterocycles. The van der Waals surface area contributed by atoms with Crippen molar-refractivity contribution in [2.24, 2.45) is 5.92 Å². The zero-order valence-electron chi connectivity index (χ0n) is 16.8. The van der Waals surface area contributed by atoms with Crippen molar-refractivity contribution in [3.05, 3.63) is 41.5 Å². The molecule has 0 atom stereocenters. The van der Waals surface area contributed by atoms with E-state index in [1.165, 1.54) is 6.20 Å². The molecule has 1 aliphatic rings. The second kappa shape index (κ2) is 7.95. The number of nitrogens with zero attached hydrogens (tertiary/aromatic N) is 3. The van der Waals surface area contributed by atoms with Crippen molar-refractivity contribution in [1.29, 1.82) is 5.26 Å². The SMILES string of the molecule is CC1CCN(c2cc(C(C)(C)C(=O)O)ccc2NC(=O)c2nc(C#N)c[nH]2)CC1. The number of nitriles is 1. The van der Waals surface area contributed by atoms with E-state index in [4.69, 9.17) is 5.26 Å². The minimum Gasteiger partial charge on any atom is -0.481 e. The van der Waals surface area contributed by atoms with Gasteiger partial charge in [0.05, 0.1) is 16.8 Å². The molecule has 8 heteroatoms. The topological polar surface area (TPSA) is 122 Å². The van der Waals surface area contributed by atoms with Gasteiger partial charge in [0, 0.05) is 19.3 Å². The molecule has 1 amide bonds. The van der Waals surface area contributed by atoms with Gasteiger partial charge >= 0.3 is 5.97 Å². The molecule has 0 radical (unpaired) electrons. The first-order valence-corrected chi connectivity index (χ1v) is 9.62. The van der Waals surface area contributed by atoms with E-state index in [2.05, 4.69) is 27.1 Å². The van der Waals surface area contributed by atoms with Crippen LogP contribution in [0.4, 0.5) is 11.4 Å². The van der Waals surface area contributed by atoms with Crippen molar-refractivity contribution in [2.75, 3.05) is 23.3 Å². The van der Waals surface area contributed by atoms with E-state index < -0.39 is 17.3 Å². The Balaban J connectivity index is 1.95. The molecule has 1 saturated heterocycles. The normalized spacial score (nSPS) is 15.0. The third-order valence-corrected chi connectivity index (χ3v) is 5.53. The van der Waals surface area contributed by atoms with E-state index in [0.717, 1.165) is 31.6 Å². The number of nitrogens with one attached hydrogen (secondary N) is 2. The number of carbonyl (C=O) groups is 2. The summed E-state index contributed by atoms with van der Waals surface area (Å²) in [7, 11) is 0. The van der Waals surface area contributed by atoms with Gasteiger partial charge in [0.1, 0.15) is 6.07 Å². The Hall–Kier alpha value is -3.34. The highest BCUT2D eigenvalue weighted by atomic mass is 16.4. The molecule has 2 aromatic rings. The summed E-state index contributed by atoms with van der Waals surface area (Å²) in [6.45, 7) is 7.21. The lowest BCUT2D eigenvalue weighted by Crippen LogP contribution is -2.34. The van der Waals surface area contributed by atoms with Crippen LogP contribution < -0.4 is 10.2 Å². The van der Waals surface area contributed by atoms with E-state index in [-0.39, 0.29) is 11.5 Å². The molecule has 0 bridgehead atoms. The average molecular weight is 395 g/mol. The van der Waals surface area contributed by atoms with Crippen LogP contribution in [0, 0.1) is 17.2 Å². The summed E-state index contributed by atoms with van der Waals surface area (Å²) in [4.78, 5) is 33.1. The van der Waals surface area contributed by atoms with Gasteiger partial charge in [-0.3, -0.25) is 9.59 Å². The van der Waals surface area contributed by atoms with E-state index in [9.17, 15) is 14.7 Å². The Morgan fingerprint density at radius 1 is 1.34 bits per heavy atom. The molecule has 2 heterocycles. The Morgan fingerprint density at radius 3 is 2.62 bits per heavy atom. The zero-order chi connectivity index (χ0) is 21.2. The molecule has 29 heavy (non-hydrogen) atoms. The lowest BCUT2D eigenvalue weighted by Gasteiger charge is -2.34. The number of carboxylic acids is 1. The fourth-order valence-corrected chi connectivity index (χ4v) is 3.34. The number of aliphatic carboxylic acids is 1. The smallest absolute Gasteiger partial charge is 0.313 e. The van der Waals surface area contributed by atoms with Crippen LogP contribution in [-0.4, -0.2) is 40.0 Å². The Bertz CT molecular complexity index is 965. The van der Waals surface area contributed by atoms with Crippen molar-refractivity contribution in [3.63, 3.8) is 0 Å². The van der Waals surface area contributed by atoms with Crippen molar-refractivity contribution >= 4 is 23.3 Å². The number of aromatic amines is 1. The molecule has 1 fully saturated rings. The monoisotopic (exact) mass is 395 g/mol. The lowest BCUT2D eigenvalue weighted by atomic mass is 9.84. The van der Waals surface area contributed by atoms with Crippen LogP contribution in [0.2, 0.25) is 0 Å². The molecule has 3 N–H and O–H groups in total. The van der Waals surface area contributed by atoms with Crippen molar-refractivity contribution in [2.45, 2.75) is 39.0 Å². The Kier molecular flexibility index (Phi) is 5.59. The zero-order valence-corrected chi connectivity index (χ0v) is 16.8. The molecule has 0 unspecified atom stereocenters. The van der Waals surface area contributed by atoms with Crippen molar-refractivity contribution < 1.29 is 14.7 Å². The number of benzene rings is 1. The summed E-state index contributed by atoms with van der Waals surface area (Å²) in [5, 5.41) is 21.3. The minimum absolute atomic E-state index is 0.0507. The standard InChI is InChI=1S/C21H25N5O3/c1-13-6-8-26(9-7-13)17-10-14(21(2,3)20(28)29)4-5-16(17)25-19(27)18-23-12-15(11-22)24-18/h4-5,10,12-13H,6-9H2,1-3H3,(H,23,24)(H,25,27)(H,28,29). The number of hydrogen-bond acceptors (Lipinski definition) is 5. The maximum absolute atomic E-state index is 12.6. The predicted octanol–water partition coefficient (Wildman–Crippen LogP) is 3.13. The predicted molar refractivity (Wildman–Crippen MR) is 109 cm³/mol. The number of H-pyrrole nitrogens is 1. The number of amides is 1. The Labute approximate surface area is 169 Å². The van der Waals surface area contributed by atoms with Gasteiger partial charge in [-0.25, -0.2) is 4.98 Å². The second-order valence-electron chi connectivity index (χ2n) is 8.03.